The van der Waals surface area contributed by atoms with Crippen molar-refractivity contribution in [1.29, 1.82) is 0 Å². The van der Waals surface area contributed by atoms with Gasteiger partial charge in [0.15, 0.2) is 10.7 Å². The minimum atomic E-state index is -0.841. The Morgan fingerprint density at radius 1 is 1.56 bits per heavy atom. The van der Waals surface area contributed by atoms with Gasteiger partial charge in [0.05, 0.1) is 5.71 Å². The smallest absolute Gasteiger partial charge is 0.275 e. The van der Waals surface area contributed by atoms with Gasteiger partial charge in [-0.2, -0.15) is 0 Å². The second-order valence-corrected chi connectivity index (χ2v) is 2.74. The fraction of sp³-hybridized carbons (Fsp3) is 0.333. The predicted octanol–water partition coefficient (Wildman–Crippen LogP) is -0.802. The maximum atomic E-state index is 9.98. The van der Waals surface area contributed by atoms with Crippen molar-refractivity contribution >= 4 is 11.7 Å². The van der Waals surface area contributed by atoms with E-state index in [9.17, 15) is 10.1 Å². The summed E-state index contributed by atoms with van der Waals surface area (Å²) in [6, 6.07) is 0. The number of aryl methyl sites for hydroxylation is 1. The van der Waals surface area contributed by atoms with Gasteiger partial charge in [0.2, 0.25) is 0 Å². The molecule has 0 atom stereocenters. The van der Waals surface area contributed by atoms with E-state index in [0.717, 1.165) is 0 Å². The van der Waals surface area contributed by atoms with E-state index >= 15 is 0 Å². The molecule has 0 amide bonds. The highest BCUT2D eigenvalue weighted by atomic mass is 16.7. The number of nitrogens with two attached hydrogens (primary N) is 1. The van der Waals surface area contributed by atoms with Crippen LogP contribution in [0.4, 0.5) is 0 Å². The van der Waals surface area contributed by atoms with E-state index in [1.54, 1.807) is 19.3 Å². The van der Waals surface area contributed by atoms with Crippen molar-refractivity contribution in [1.82, 2.24) is 15.7 Å². The number of nitrogens with zero attached hydrogens (tertiary/aromatic N) is 5. The molecule has 0 aromatic carbocycles. The molecule has 1 aromatic heterocycles. The van der Waals surface area contributed by atoms with E-state index in [-0.39, 0.29) is 0 Å². The molecule has 0 saturated carbocycles. The van der Waals surface area contributed by atoms with Crippen molar-refractivity contribution in [3.8, 4) is 0 Å². The van der Waals surface area contributed by atoms with Gasteiger partial charge in [-0.3, -0.25) is 0 Å². The lowest BCUT2D eigenvalue weighted by Crippen LogP contribution is -2.35. The molecule has 1 aromatic rings. The molecule has 0 spiro atoms. The molecule has 86 valence electrons. The Hall–Kier alpha value is -2.52. The lowest BCUT2D eigenvalue weighted by atomic mass is 10.2. The van der Waals surface area contributed by atoms with Gasteiger partial charge in [-0.25, -0.2) is 14.7 Å². The number of guanidine groups is 1. The zero-order valence-electron chi connectivity index (χ0n) is 8.54. The summed E-state index contributed by atoms with van der Waals surface area (Å²) in [6.07, 6.45) is 0. The van der Waals surface area contributed by atoms with Crippen molar-refractivity contribution in [3.63, 3.8) is 0 Å². The Morgan fingerprint density at radius 2 is 2.25 bits per heavy atom. The second-order valence-electron chi connectivity index (χ2n) is 2.74. The quantitative estimate of drug-likeness (QED) is 0.297. The fourth-order valence-corrected chi connectivity index (χ4v) is 0.852. The number of nitro groups is 1. The van der Waals surface area contributed by atoms with Crippen LogP contribution in [0.5, 0.6) is 0 Å². The van der Waals surface area contributed by atoms with Crippen LogP contribution in [0, 0.1) is 17.0 Å². The Morgan fingerprint density at radius 3 is 2.75 bits per heavy atom. The van der Waals surface area contributed by atoms with E-state index in [4.69, 9.17) is 5.73 Å². The van der Waals surface area contributed by atoms with E-state index in [0.29, 0.717) is 17.1 Å². The summed E-state index contributed by atoms with van der Waals surface area (Å²) in [5, 5.41) is 23.3. The molecule has 1 rings (SSSR count). The molecule has 0 fully saturated rings. The molecule has 10 nitrogen and oxygen atoms in total. The van der Waals surface area contributed by atoms with Crippen molar-refractivity contribution in [2.24, 2.45) is 15.9 Å². The first-order valence-corrected chi connectivity index (χ1v) is 4.09. The highest BCUT2D eigenvalue weighted by molar-refractivity contribution is 5.97. The Balaban J connectivity index is 2.78. The highest BCUT2D eigenvalue weighted by Crippen LogP contribution is 2.02. The maximum Gasteiger partial charge on any atom is 0.275 e. The van der Waals surface area contributed by atoms with Gasteiger partial charge >= 0.3 is 0 Å². The van der Waals surface area contributed by atoms with Crippen LogP contribution < -0.4 is 11.2 Å². The molecule has 3 N–H and O–H groups in total. The molecular formula is C6H9N7O3. The lowest BCUT2D eigenvalue weighted by Gasteiger charge is -1.93. The van der Waals surface area contributed by atoms with Crippen LogP contribution >= 0.6 is 0 Å². The normalized spacial score (nSPS) is 12.6. The lowest BCUT2D eigenvalue weighted by molar-refractivity contribution is -0.525. The second kappa shape index (κ2) is 4.82. The number of hydrogen-bond acceptors (Lipinski definition) is 7. The summed E-state index contributed by atoms with van der Waals surface area (Å²) < 4.78 is 4.45. The molecule has 0 saturated heterocycles. The van der Waals surface area contributed by atoms with E-state index < -0.39 is 11.0 Å². The summed E-state index contributed by atoms with van der Waals surface area (Å²) >= 11 is 0. The summed E-state index contributed by atoms with van der Waals surface area (Å²) in [7, 11) is 0. The van der Waals surface area contributed by atoms with Crippen molar-refractivity contribution in [2.75, 3.05) is 0 Å². The molecule has 0 radical (unpaired) electrons. The van der Waals surface area contributed by atoms with Gasteiger partial charge in [-0.05, 0) is 19.0 Å². The first kappa shape index (κ1) is 11.6. The minimum Gasteiger partial charge on any atom is -0.364 e. The summed E-state index contributed by atoms with van der Waals surface area (Å²) in [5.41, 5.74) is 8.12. The van der Waals surface area contributed by atoms with E-state index in [2.05, 4.69) is 25.1 Å². The van der Waals surface area contributed by atoms with E-state index in [1.165, 1.54) is 0 Å². The average molecular weight is 227 g/mol. The molecule has 0 aliphatic heterocycles. The monoisotopic (exact) mass is 227 g/mol. The molecular weight excluding hydrogens is 218 g/mol. The zero-order valence-corrected chi connectivity index (χ0v) is 8.54. The summed E-state index contributed by atoms with van der Waals surface area (Å²) in [6.45, 7) is 3.27. The molecule has 16 heavy (non-hydrogen) atoms. The Kier molecular flexibility index (Phi) is 3.48. The average Bonchev–Trinajstić information content (AvgIpc) is 2.60. The Bertz CT molecular complexity index is 449. The first-order valence-electron chi connectivity index (χ1n) is 4.09. The van der Waals surface area contributed by atoms with Crippen LogP contribution in [-0.2, 0) is 0 Å². The minimum absolute atomic E-state index is 0.381. The molecule has 10 heteroatoms. The third kappa shape index (κ3) is 3.01. The maximum absolute atomic E-state index is 9.98. The number of hydrazine groups is 1. The SMILES string of the molecule is C/C(=N/N=C(N)N[N+](=O)[O-])c1nonc1C. The van der Waals surface area contributed by atoms with Crippen LogP contribution in [0.1, 0.15) is 18.3 Å². The topological polar surface area (TPSA) is 145 Å². The van der Waals surface area contributed by atoms with Crippen LogP contribution in [-0.4, -0.2) is 27.0 Å². The summed E-state index contributed by atoms with van der Waals surface area (Å²) in [4.78, 5) is 9.98. The fourth-order valence-electron chi connectivity index (χ4n) is 0.852. The third-order valence-corrected chi connectivity index (χ3v) is 1.51. The molecule has 0 aliphatic rings. The third-order valence-electron chi connectivity index (χ3n) is 1.51. The van der Waals surface area contributed by atoms with Crippen molar-refractivity contribution < 1.29 is 9.66 Å². The van der Waals surface area contributed by atoms with Gasteiger partial charge in [0, 0.05) is 0 Å². The van der Waals surface area contributed by atoms with Crippen LogP contribution in [0.3, 0.4) is 0 Å². The molecule has 0 aliphatic carbocycles. The van der Waals surface area contributed by atoms with Gasteiger partial charge in [-0.15, -0.1) is 10.2 Å². The number of hydrogen-bond donors (Lipinski definition) is 2. The van der Waals surface area contributed by atoms with Crippen LogP contribution in [0.15, 0.2) is 14.8 Å². The van der Waals surface area contributed by atoms with Gasteiger partial charge in [-0.1, -0.05) is 10.6 Å². The molecule has 0 unspecified atom stereocenters. The van der Waals surface area contributed by atoms with Crippen molar-refractivity contribution in [2.45, 2.75) is 13.8 Å². The van der Waals surface area contributed by atoms with Gasteiger partial charge in [0.1, 0.15) is 5.69 Å². The Labute approximate surface area is 89.3 Å². The highest BCUT2D eigenvalue weighted by Gasteiger charge is 2.08. The number of rotatable bonds is 3. The number of nitrogens with one attached hydrogen (secondary N) is 1. The number of aromatic nitrogens is 2. The van der Waals surface area contributed by atoms with Gasteiger partial charge < -0.3 is 5.73 Å². The van der Waals surface area contributed by atoms with Crippen molar-refractivity contribution in [3.05, 3.63) is 21.5 Å². The van der Waals surface area contributed by atoms with Crippen LogP contribution in [0.25, 0.3) is 0 Å². The zero-order chi connectivity index (χ0) is 12.1. The summed E-state index contributed by atoms with van der Waals surface area (Å²) in [5.74, 6) is -0.432. The van der Waals surface area contributed by atoms with Crippen LogP contribution in [0.2, 0.25) is 0 Å². The standard InChI is InChI=1S/C6H9N7O3/c1-3(5-4(2)11-16-12-5)8-9-6(7)10-13(14)15/h1-2H3,(H3,7,9,10)/b8-3-. The molecule has 1 heterocycles. The van der Waals surface area contributed by atoms with Gasteiger partial charge in [0.25, 0.3) is 5.96 Å². The first-order chi connectivity index (χ1) is 7.50. The molecule has 0 bridgehead atoms. The predicted molar refractivity (Wildman–Crippen MR) is 53.0 cm³/mol. The largest absolute Gasteiger partial charge is 0.364 e. The van der Waals surface area contributed by atoms with E-state index in [1.807, 2.05) is 0 Å².